The van der Waals surface area contributed by atoms with Crippen molar-refractivity contribution >= 4 is 23.5 Å². The summed E-state index contributed by atoms with van der Waals surface area (Å²) in [7, 11) is 0. The molecule has 0 saturated heterocycles. The Labute approximate surface area is 138 Å². The van der Waals surface area contributed by atoms with Gasteiger partial charge in [-0.2, -0.15) is 13.2 Å². The van der Waals surface area contributed by atoms with Gasteiger partial charge in [0.25, 0.3) is 5.91 Å². The lowest BCUT2D eigenvalue weighted by Gasteiger charge is -2.13. The lowest BCUT2D eigenvalue weighted by Crippen LogP contribution is -2.19. The van der Waals surface area contributed by atoms with E-state index in [4.69, 9.17) is 10.2 Å². The Kier molecular flexibility index (Phi) is 4.77. The summed E-state index contributed by atoms with van der Waals surface area (Å²) in [5.41, 5.74) is -2.95. The predicted octanol–water partition coefficient (Wildman–Crippen LogP) is 3.35. The second-order valence-corrected chi connectivity index (χ2v) is 4.91. The van der Waals surface area contributed by atoms with Crippen LogP contribution in [0.3, 0.4) is 0 Å². The summed E-state index contributed by atoms with van der Waals surface area (Å²) < 4.78 is 38.9. The summed E-state index contributed by atoms with van der Waals surface area (Å²) in [5.74, 6) is -4.05. The number of carbonyl (C=O) groups is 3. The number of hydrogen-bond acceptors (Lipinski definition) is 3. The number of halogens is 3. The number of rotatable bonds is 4. The molecule has 2 rings (SSSR count). The van der Waals surface area contributed by atoms with Gasteiger partial charge < -0.3 is 15.5 Å². The number of anilines is 1. The summed E-state index contributed by atoms with van der Waals surface area (Å²) in [5, 5.41) is 20.0. The van der Waals surface area contributed by atoms with E-state index in [0.29, 0.717) is 0 Å². The highest BCUT2D eigenvalue weighted by molar-refractivity contribution is 6.06. The van der Waals surface area contributed by atoms with E-state index < -0.39 is 46.3 Å². The zero-order valence-corrected chi connectivity index (χ0v) is 12.3. The van der Waals surface area contributed by atoms with Crippen LogP contribution in [0.5, 0.6) is 0 Å². The lowest BCUT2D eigenvalue weighted by atomic mass is 10.1. The third kappa shape index (κ3) is 4.14. The van der Waals surface area contributed by atoms with E-state index in [0.717, 1.165) is 36.4 Å². The number of benzene rings is 2. The molecule has 0 aliphatic carbocycles. The van der Waals surface area contributed by atoms with Crippen molar-refractivity contribution in [3.63, 3.8) is 0 Å². The van der Waals surface area contributed by atoms with Crippen LogP contribution < -0.4 is 5.32 Å². The third-order valence-electron chi connectivity index (χ3n) is 3.16. The second kappa shape index (κ2) is 6.63. The highest BCUT2D eigenvalue weighted by Crippen LogP contribution is 2.32. The summed E-state index contributed by atoms with van der Waals surface area (Å²) >= 11 is 0. The topological polar surface area (TPSA) is 104 Å². The highest BCUT2D eigenvalue weighted by Gasteiger charge is 2.34. The molecule has 0 fully saturated rings. The minimum Gasteiger partial charge on any atom is -0.478 e. The largest absolute Gasteiger partial charge is 0.478 e. The second-order valence-electron chi connectivity index (χ2n) is 4.91. The Hall–Kier alpha value is -3.36. The number of nitrogens with one attached hydrogen (secondary N) is 1. The van der Waals surface area contributed by atoms with E-state index >= 15 is 0 Å². The summed E-state index contributed by atoms with van der Waals surface area (Å²) in [4.78, 5) is 34.2. The van der Waals surface area contributed by atoms with Crippen LogP contribution in [-0.4, -0.2) is 28.1 Å². The first-order valence-corrected chi connectivity index (χ1v) is 6.69. The molecule has 0 aromatic heterocycles. The number of aromatic carboxylic acids is 2. The predicted molar refractivity (Wildman–Crippen MR) is 79.8 cm³/mol. The normalized spacial score (nSPS) is 11.0. The van der Waals surface area contributed by atoms with E-state index in [1.165, 1.54) is 6.07 Å². The first-order valence-electron chi connectivity index (χ1n) is 6.69. The molecular formula is C16H10F3NO5. The van der Waals surface area contributed by atoms with Gasteiger partial charge in [-0.25, -0.2) is 9.59 Å². The molecule has 0 heterocycles. The number of hydrogen-bond donors (Lipinski definition) is 3. The van der Waals surface area contributed by atoms with E-state index in [2.05, 4.69) is 5.32 Å². The zero-order chi connectivity index (χ0) is 18.8. The van der Waals surface area contributed by atoms with Gasteiger partial charge in [-0.1, -0.05) is 12.1 Å². The molecule has 0 aliphatic rings. The van der Waals surface area contributed by atoms with Gasteiger partial charge in [0, 0.05) is 5.69 Å². The molecule has 0 atom stereocenters. The Bertz CT molecular complexity index is 829. The fraction of sp³-hybridized carbons (Fsp3) is 0.0625. The van der Waals surface area contributed by atoms with Gasteiger partial charge >= 0.3 is 18.1 Å². The molecule has 0 bridgehead atoms. The smallest absolute Gasteiger partial charge is 0.417 e. The first-order chi connectivity index (χ1) is 11.6. The maximum atomic E-state index is 13.0. The van der Waals surface area contributed by atoms with Crippen LogP contribution in [0, 0.1) is 0 Å². The summed E-state index contributed by atoms with van der Waals surface area (Å²) in [6.07, 6.45) is -4.76. The van der Waals surface area contributed by atoms with Crippen molar-refractivity contribution in [1.29, 1.82) is 0 Å². The molecule has 2 aromatic carbocycles. The van der Waals surface area contributed by atoms with Crippen molar-refractivity contribution in [2.24, 2.45) is 0 Å². The van der Waals surface area contributed by atoms with Crippen molar-refractivity contribution < 1.29 is 37.8 Å². The Morgan fingerprint density at radius 1 is 0.880 bits per heavy atom. The van der Waals surface area contributed by atoms with Gasteiger partial charge in [-0.3, -0.25) is 4.79 Å². The van der Waals surface area contributed by atoms with Crippen LogP contribution >= 0.6 is 0 Å². The summed E-state index contributed by atoms with van der Waals surface area (Å²) in [6, 6.07) is 6.80. The van der Waals surface area contributed by atoms with E-state index in [9.17, 15) is 27.6 Å². The molecule has 0 spiro atoms. The molecule has 0 saturated carbocycles. The first kappa shape index (κ1) is 18.0. The molecule has 1 amide bonds. The van der Waals surface area contributed by atoms with Crippen LogP contribution in [0.2, 0.25) is 0 Å². The molecule has 6 nitrogen and oxygen atoms in total. The molecular weight excluding hydrogens is 343 g/mol. The van der Waals surface area contributed by atoms with Crippen LogP contribution in [0.25, 0.3) is 0 Å². The zero-order valence-electron chi connectivity index (χ0n) is 12.3. The maximum Gasteiger partial charge on any atom is 0.417 e. The van der Waals surface area contributed by atoms with Crippen molar-refractivity contribution in [1.82, 2.24) is 0 Å². The Morgan fingerprint density at radius 2 is 1.40 bits per heavy atom. The summed E-state index contributed by atoms with van der Waals surface area (Å²) in [6.45, 7) is 0. The van der Waals surface area contributed by atoms with Crippen LogP contribution in [0.1, 0.15) is 36.6 Å². The lowest BCUT2D eigenvalue weighted by molar-refractivity contribution is -0.137. The van der Waals surface area contributed by atoms with Gasteiger partial charge in [0.1, 0.15) is 0 Å². The average Bonchev–Trinajstić information content (AvgIpc) is 2.53. The van der Waals surface area contributed by atoms with Crippen molar-refractivity contribution in [2.45, 2.75) is 6.18 Å². The van der Waals surface area contributed by atoms with Crippen LogP contribution in [-0.2, 0) is 6.18 Å². The van der Waals surface area contributed by atoms with Gasteiger partial charge in [-0.15, -0.1) is 0 Å². The number of alkyl halides is 3. The molecule has 3 N–H and O–H groups in total. The van der Waals surface area contributed by atoms with Gasteiger partial charge in [0.2, 0.25) is 0 Å². The van der Waals surface area contributed by atoms with Crippen molar-refractivity contribution in [2.75, 3.05) is 5.32 Å². The molecule has 9 heteroatoms. The number of carboxylic acid groups (broad SMARTS) is 2. The quantitative estimate of drug-likeness (QED) is 0.782. The fourth-order valence-corrected chi connectivity index (χ4v) is 2.07. The molecule has 2 aromatic rings. The minimum atomic E-state index is -4.76. The fourth-order valence-electron chi connectivity index (χ4n) is 2.07. The maximum absolute atomic E-state index is 13.0. The molecule has 0 aliphatic heterocycles. The van der Waals surface area contributed by atoms with Crippen molar-refractivity contribution in [3.05, 3.63) is 64.7 Å². The average molecular weight is 353 g/mol. The van der Waals surface area contributed by atoms with Gasteiger partial charge in [-0.05, 0) is 30.3 Å². The third-order valence-corrected chi connectivity index (χ3v) is 3.16. The highest BCUT2D eigenvalue weighted by atomic mass is 19.4. The van der Waals surface area contributed by atoms with Gasteiger partial charge in [0.05, 0.1) is 22.3 Å². The SMILES string of the molecule is O=C(O)c1cc(NC(=O)c2ccccc2C(F)(F)F)cc(C(=O)O)c1. The molecule has 0 radical (unpaired) electrons. The molecule has 0 unspecified atom stereocenters. The Morgan fingerprint density at radius 3 is 1.88 bits per heavy atom. The monoisotopic (exact) mass is 353 g/mol. The standard InChI is InChI=1S/C16H10F3NO5/c17-16(18,19)12-4-2-1-3-11(12)13(21)20-10-6-8(14(22)23)5-9(7-10)15(24)25/h1-7H,(H,20,21)(H,22,23)(H,24,25). The van der Waals surface area contributed by atoms with Gasteiger partial charge in [0.15, 0.2) is 0 Å². The minimum absolute atomic E-state index is 0.251. The van der Waals surface area contributed by atoms with Crippen molar-refractivity contribution in [3.8, 4) is 0 Å². The van der Waals surface area contributed by atoms with E-state index in [1.807, 2.05) is 0 Å². The van der Waals surface area contributed by atoms with Crippen LogP contribution in [0.15, 0.2) is 42.5 Å². The van der Waals surface area contributed by atoms with E-state index in [-0.39, 0.29) is 5.69 Å². The van der Waals surface area contributed by atoms with E-state index in [1.54, 1.807) is 0 Å². The molecule has 130 valence electrons. The number of carboxylic acids is 2. The molecule has 25 heavy (non-hydrogen) atoms. The van der Waals surface area contributed by atoms with Crippen LogP contribution in [0.4, 0.5) is 18.9 Å². The Balaban J connectivity index is 2.42. The number of carbonyl (C=O) groups excluding carboxylic acids is 1. The number of amides is 1.